The highest BCUT2D eigenvalue weighted by atomic mass is 19.4. The van der Waals surface area contributed by atoms with Gasteiger partial charge in [-0.15, -0.1) is 0 Å². The van der Waals surface area contributed by atoms with Crippen molar-refractivity contribution >= 4 is 22.5 Å². The van der Waals surface area contributed by atoms with Crippen LogP contribution in [0.1, 0.15) is 25.1 Å². The molecule has 26 heavy (non-hydrogen) atoms. The van der Waals surface area contributed by atoms with Crippen LogP contribution in [0.3, 0.4) is 0 Å². The number of esters is 1. The van der Waals surface area contributed by atoms with Gasteiger partial charge in [0.2, 0.25) is 0 Å². The van der Waals surface area contributed by atoms with Crippen LogP contribution in [0.5, 0.6) is 0 Å². The van der Waals surface area contributed by atoms with Gasteiger partial charge in [0.05, 0.1) is 24.2 Å². The summed E-state index contributed by atoms with van der Waals surface area (Å²) in [7, 11) is 0. The number of ether oxygens (including phenoxy) is 2. The second-order valence-electron chi connectivity index (χ2n) is 5.23. The lowest BCUT2D eigenvalue weighted by Gasteiger charge is -2.14. The molecule has 0 atom stereocenters. The molecule has 0 unspecified atom stereocenters. The maximum Gasteiger partial charge on any atom is 0.416 e. The Hall–Kier alpha value is -2.84. The molecule has 0 aliphatic heterocycles. The number of carbonyl (C=O) groups is 1. The van der Waals surface area contributed by atoms with Gasteiger partial charge in [0.15, 0.2) is 0 Å². The Bertz CT molecular complexity index is 903. The zero-order valence-corrected chi connectivity index (χ0v) is 14.2. The van der Waals surface area contributed by atoms with Gasteiger partial charge in [0.25, 0.3) is 5.56 Å². The number of halogens is 3. The van der Waals surface area contributed by atoms with E-state index in [4.69, 9.17) is 9.47 Å². The highest BCUT2D eigenvalue weighted by Gasteiger charge is 2.31. The van der Waals surface area contributed by atoms with Gasteiger partial charge in [0.1, 0.15) is 18.0 Å². The van der Waals surface area contributed by atoms with Crippen molar-refractivity contribution in [2.45, 2.75) is 26.6 Å². The van der Waals surface area contributed by atoms with Gasteiger partial charge in [0, 0.05) is 5.39 Å². The van der Waals surface area contributed by atoms with E-state index < -0.39 is 29.8 Å². The minimum absolute atomic E-state index is 0.00515. The molecule has 6 nitrogen and oxygen atoms in total. The quantitative estimate of drug-likeness (QED) is 0.578. The second kappa shape index (κ2) is 7.59. The molecule has 1 aromatic carbocycles. The van der Waals surface area contributed by atoms with Gasteiger partial charge in [-0.05, 0) is 32.0 Å². The van der Waals surface area contributed by atoms with E-state index in [-0.39, 0.29) is 35.4 Å². The van der Waals surface area contributed by atoms with Crippen molar-refractivity contribution in [2.24, 2.45) is 0 Å². The molecule has 0 aliphatic rings. The number of hydrogen-bond donors (Lipinski definition) is 0. The molecule has 9 heteroatoms. The maximum atomic E-state index is 13.0. The zero-order valence-electron chi connectivity index (χ0n) is 14.2. The summed E-state index contributed by atoms with van der Waals surface area (Å²) in [6.07, 6.45) is -4.59. The van der Waals surface area contributed by atoms with Gasteiger partial charge in [-0.25, -0.2) is 4.68 Å². The predicted octanol–water partition coefficient (Wildman–Crippen LogP) is 2.99. The molecule has 1 heterocycles. The Morgan fingerprint density at radius 1 is 1.19 bits per heavy atom. The third-order valence-corrected chi connectivity index (χ3v) is 3.45. The number of nitrogens with zero attached hydrogens (tertiary/aromatic N) is 2. The molecule has 0 fully saturated rings. The summed E-state index contributed by atoms with van der Waals surface area (Å²) in [6, 6.07) is 2.66. The smallest absolute Gasteiger partial charge is 0.416 e. The van der Waals surface area contributed by atoms with Gasteiger partial charge >= 0.3 is 12.1 Å². The molecule has 2 aromatic rings. The van der Waals surface area contributed by atoms with Gasteiger partial charge in [-0.1, -0.05) is 6.58 Å². The van der Waals surface area contributed by atoms with E-state index in [1.165, 1.54) is 0 Å². The van der Waals surface area contributed by atoms with Gasteiger partial charge in [-0.3, -0.25) is 9.59 Å². The van der Waals surface area contributed by atoms with Crippen LogP contribution in [0.4, 0.5) is 13.2 Å². The molecule has 0 bridgehead atoms. The Kier molecular flexibility index (Phi) is 5.69. The van der Waals surface area contributed by atoms with E-state index in [9.17, 15) is 22.8 Å². The molecule has 0 saturated carbocycles. The zero-order chi connectivity index (χ0) is 19.5. The summed E-state index contributed by atoms with van der Waals surface area (Å²) >= 11 is 0. The highest BCUT2D eigenvalue weighted by molar-refractivity contribution is 5.90. The number of rotatable bonds is 6. The van der Waals surface area contributed by atoms with Crippen molar-refractivity contribution in [3.63, 3.8) is 0 Å². The predicted molar refractivity (Wildman–Crippen MR) is 88.3 cm³/mol. The molecular formula is C17H17F3N2O4. The minimum Gasteiger partial charge on any atom is -0.492 e. The molecule has 0 saturated heterocycles. The van der Waals surface area contributed by atoms with Crippen LogP contribution in [0.15, 0.2) is 29.6 Å². The Labute approximate surface area is 146 Å². The molecule has 0 amide bonds. The number of aromatic nitrogens is 2. The normalized spacial score (nSPS) is 11.4. The van der Waals surface area contributed by atoms with Crippen molar-refractivity contribution in [1.29, 1.82) is 0 Å². The number of fused-ring (bicyclic) bond motifs is 1. The molecule has 0 aliphatic carbocycles. The van der Waals surface area contributed by atoms with E-state index in [1.807, 2.05) is 0 Å². The molecule has 1 aromatic heterocycles. The topological polar surface area (TPSA) is 70.4 Å². The fraction of sp³-hybridized carbons (Fsp3) is 0.353. The fourth-order valence-corrected chi connectivity index (χ4v) is 2.35. The van der Waals surface area contributed by atoms with Crippen molar-refractivity contribution in [2.75, 3.05) is 13.2 Å². The van der Waals surface area contributed by atoms with Crippen molar-refractivity contribution in [3.8, 4) is 0 Å². The first-order valence-corrected chi connectivity index (χ1v) is 7.78. The number of alkyl halides is 3. The summed E-state index contributed by atoms with van der Waals surface area (Å²) in [5, 5.41) is 3.89. The van der Waals surface area contributed by atoms with Crippen LogP contribution < -0.4 is 5.56 Å². The lowest BCUT2D eigenvalue weighted by atomic mass is 10.1. The van der Waals surface area contributed by atoms with E-state index in [2.05, 4.69) is 11.7 Å². The van der Waals surface area contributed by atoms with Crippen LogP contribution in [0.2, 0.25) is 0 Å². The summed E-state index contributed by atoms with van der Waals surface area (Å²) < 4.78 is 49.9. The molecular weight excluding hydrogens is 353 g/mol. The molecule has 0 spiro atoms. The highest BCUT2D eigenvalue weighted by Crippen LogP contribution is 2.32. The van der Waals surface area contributed by atoms with E-state index in [1.54, 1.807) is 13.8 Å². The van der Waals surface area contributed by atoms with Crippen molar-refractivity contribution in [3.05, 3.63) is 46.4 Å². The largest absolute Gasteiger partial charge is 0.492 e. The van der Waals surface area contributed by atoms with Crippen molar-refractivity contribution < 1.29 is 27.4 Å². The fourth-order valence-electron chi connectivity index (χ4n) is 2.35. The van der Waals surface area contributed by atoms with Crippen LogP contribution in [-0.4, -0.2) is 29.0 Å². The SMILES string of the molecule is C=C(OCC)c1nn(CC(=O)OCC)c(=O)c2ccc(C(F)(F)F)cc12. The Morgan fingerprint density at radius 2 is 1.85 bits per heavy atom. The molecule has 2 rings (SSSR count). The third kappa shape index (κ3) is 4.04. The van der Waals surface area contributed by atoms with E-state index >= 15 is 0 Å². The first-order chi connectivity index (χ1) is 12.2. The summed E-state index contributed by atoms with van der Waals surface area (Å²) in [4.78, 5) is 24.2. The number of carbonyl (C=O) groups excluding carboxylic acids is 1. The van der Waals surface area contributed by atoms with Gasteiger partial charge in [-0.2, -0.15) is 18.3 Å². The van der Waals surface area contributed by atoms with Crippen LogP contribution in [0.25, 0.3) is 16.5 Å². The number of hydrogen-bond acceptors (Lipinski definition) is 5. The summed E-state index contributed by atoms with van der Waals surface area (Å²) in [5.41, 5.74) is -1.69. The second-order valence-corrected chi connectivity index (χ2v) is 5.23. The Balaban J connectivity index is 2.71. The molecule has 140 valence electrons. The lowest BCUT2D eigenvalue weighted by Crippen LogP contribution is -2.29. The van der Waals surface area contributed by atoms with E-state index in [0.29, 0.717) is 0 Å². The Morgan fingerprint density at radius 3 is 2.42 bits per heavy atom. The minimum atomic E-state index is -4.59. The maximum absolute atomic E-state index is 13.0. The third-order valence-electron chi connectivity index (χ3n) is 3.45. The van der Waals surface area contributed by atoms with E-state index in [0.717, 1.165) is 22.9 Å². The summed E-state index contributed by atoms with van der Waals surface area (Å²) in [6.45, 7) is 6.77. The van der Waals surface area contributed by atoms with Gasteiger partial charge < -0.3 is 9.47 Å². The van der Waals surface area contributed by atoms with Crippen LogP contribution in [0, 0.1) is 0 Å². The average molecular weight is 370 g/mol. The molecule has 0 N–H and O–H groups in total. The standard InChI is InChI=1S/C17H17F3N2O4/c1-4-25-10(3)15-13-8-11(17(18,19)20)6-7-12(13)16(24)22(21-15)9-14(23)26-5-2/h6-8H,3-5,9H2,1-2H3. The monoisotopic (exact) mass is 370 g/mol. The van der Waals surface area contributed by atoms with Crippen LogP contribution >= 0.6 is 0 Å². The first-order valence-electron chi connectivity index (χ1n) is 7.78. The van der Waals surface area contributed by atoms with Crippen LogP contribution in [-0.2, 0) is 27.0 Å². The lowest BCUT2D eigenvalue weighted by molar-refractivity contribution is -0.144. The average Bonchev–Trinajstić information content (AvgIpc) is 2.56. The number of benzene rings is 1. The first kappa shape index (κ1) is 19.5. The molecule has 0 radical (unpaired) electrons. The van der Waals surface area contributed by atoms with Crippen molar-refractivity contribution in [1.82, 2.24) is 9.78 Å². The summed E-state index contributed by atoms with van der Waals surface area (Å²) in [5.74, 6) is -0.698.